The molecule has 0 atom stereocenters. The number of carbonyl (C=O) groups is 2. The van der Waals surface area contributed by atoms with Gasteiger partial charge in [0.25, 0.3) is 17.4 Å². The van der Waals surface area contributed by atoms with Gasteiger partial charge in [-0.15, -0.1) is 0 Å². The van der Waals surface area contributed by atoms with E-state index in [1.807, 2.05) is 0 Å². The highest BCUT2D eigenvalue weighted by Gasteiger charge is 2.34. The Hall–Kier alpha value is -4.66. The molecular weight excluding hydrogens is 434 g/mol. The highest BCUT2D eigenvalue weighted by atomic mass is 16.5. The average Bonchev–Trinajstić information content (AvgIpc) is 3.26. The van der Waals surface area contributed by atoms with Crippen molar-refractivity contribution in [2.45, 2.75) is 6.42 Å². The number of carbonyl (C=O) groups excluding carboxylic acids is 2. The van der Waals surface area contributed by atoms with E-state index >= 15 is 0 Å². The van der Waals surface area contributed by atoms with Crippen LogP contribution in [0, 0.1) is 0 Å². The molecule has 2 aromatic carbocycles. The van der Waals surface area contributed by atoms with Gasteiger partial charge in [-0.2, -0.15) is 5.10 Å². The van der Waals surface area contributed by atoms with E-state index in [1.54, 1.807) is 78.9 Å². The third-order valence-corrected chi connectivity index (χ3v) is 5.83. The van der Waals surface area contributed by atoms with Gasteiger partial charge in [0, 0.05) is 35.7 Å². The lowest BCUT2D eigenvalue weighted by atomic mass is 10.0. The van der Waals surface area contributed by atoms with Crippen LogP contribution in [0.15, 0.2) is 77.7 Å². The van der Waals surface area contributed by atoms with Crippen molar-refractivity contribution < 1.29 is 14.3 Å². The van der Waals surface area contributed by atoms with Gasteiger partial charge in [-0.05, 0) is 61.0 Å². The molecule has 2 aromatic heterocycles. The molecule has 170 valence electrons. The zero-order valence-electron chi connectivity index (χ0n) is 18.3. The molecule has 0 spiro atoms. The quantitative estimate of drug-likeness (QED) is 0.496. The van der Waals surface area contributed by atoms with Crippen LogP contribution in [0.4, 0.5) is 5.69 Å². The molecule has 2 amide bonds. The summed E-state index contributed by atoms with van der Waals surface area (Å²) in [5, 5.41) is 4.37. The second kappa shape index (κ2) is 8.36. The van der Waals surface area contributed by atoms with Gasteiger partial charge in [-0.3, -0.25) is 19.0 Å². The first-order chi connectivity index (χ1) is 16.5. The van der Waals surface area contributed by atoms with E-state index in [4.69, 9.17) is 10.5 Å². The van der Waals surface area contributed by atoms with Crippen LogP contribution in [0.2, 0.25) is 0 Å². The predicted molar refractivity (Wildman–Crippen MR) is 126 cm³/mol. The number of hydrogen-bond donors (Lipinski definition) is 1. The lowest BCUT2D eigenvalue weighted by Crippen LogP contribution is -2.39. The molecule has 0 saturated heterocycles. The fourth-order valence-electron chi connectivity index (χ4n) is 4.15. The Kier molecular flexibility index (Phi) is 5.21. The van der Waals surface area contributed by atoms with Gasteiger partial charge in [-0.1, -0.05) is 6.07 Å². The van der Waals surface area contributed by atoms with Crippen LogP contribution in [0.1, 0.15) is 26.5 Å². The number of pyridine rings is 1. The number of methoxy groups -OCH3 is 1. The third-order valence-electron chi connectivity index (χ3n) is 5.83. The number of nitrogens with zero attached hydrogens (tertiary/aromatic N) is 4. The van der Waals surface area contributed by atoms with Gasteiger partial charge in [-0.25, -0.2) is 4.68 Å². The molecule has 0 bridgehead atoms. The summed E-state index contributed by atoms with van der Waals surface area (Å²) in [6.07, 6.45) is 2.11. The highest BCUT2D eigenvalue weighted by Crippen LogP contribution is 2.29. The summed E-state index contributed by atoms with van der Waals surface area (Å²) in [6, 6.07) is 19.1. The lowest BCUT2D eigenvalue weighted by molar-refractivity contribution is 0.0972. The molecule has 0 unspecified atom stereocenters. The Morgan fingerprint density at radius 3 is 2.26 bits per heavy atom. The van der Waals surface area contributed by atoms with Crippen molar-refractivity contribution in [3.05, 3.63) is 100 Å². The van der Waals surface area contributed by atoms with E-state index < -0.39 is 5.91 Å². The molecule has 0 fully saturated rings. The lowest BCUT2D eigenvalue weighted by Gasteiger charge is -2.28. The maximum Gasteiger partial charge on any atom is 0.277 e. The zero-order valence-corrected chi connectivity index (χ0v) is 18.3. The number of anilines is 1. The molecule has 5 rings (SSSR count). The number of primary amides is 1. The minimum Gasteiger partial charge on any atom is -0.497 e. The first-order valence-corrected chi connectivity index (χ1v) is 10.6. The Bertz CT molecular complexity index is 1450. The van der Waals surface area contributed by atoms with Crippen molar-refractivity contribution in [1.29, 1.82) is 0 Å². The van der Waals surface area contributed by atoms with Gasteiger partial charge in [0.15, 0.2) is 5.69 Å². The minimum absolute atomic E-state index is 0.0950. The first kappa shape index (κ1) is 21.2. The topological polar surface area (TPSA) is 112 Å². The van der Waals surface area contributed by atoms with Gasteiger partial charge in [0.1, 0.15) is 11.4 Å². The summed E-state index contributed by atoms with van der Waals surface area (Å²) in [5.74, 6) is -0.311. The monoisotopic (exact) mass is 455 g/mol. The number of hydrogen-bond acceptors (Lipinski definition) is 5. The van der Waals surface area contributed by atoms with Gasteiger partial charge in [0.05, 0.1) is 12.8 Å². The molecular formula is C25H21N5O4. The van der Waals surface area contributed by atoms with E-state index in [2.05, 4.69) is 5.10 Å². The molecule has 0 aliphatic carbocycles. The molecule has 1 aliphatic heterocycles. The summed E-state index contributed by atoms with van der Waals surface area (Å²) in [4.78, 5) is 39.4. The maximum absolute atomic E-state index is 13.6. The summed E-state index contributed by atoms with van der Waals surface area (Å²) in [6.45, 7) is 0.366. The SMILES string of the molecule is COc1ccc(-n2nc(C(N)=O)c3c2C(=O)N(c2ccc(-n4ccccc4=O)cc2)CC3)cc1. The zero-order chi connectivity index (χ0) is 23.8. The maximum atomic E-state index is 13.6. The summed E-state index contributed by atoms with van der Waals surface area (Å²) in [7, 11) is 1.57. The summed E-state index contributed by atoms with van der Waals surface area (Å²) < 4.78 is 8.19. The van der Waals surface area contributed by atoms with Gasteiger partial charge >= 0.3 is 0 Å². The number of benzene rings is 2. The van der Waals surface area contributed by atoms with E-state index in [1.165, 1.54) is 15.3 Å². The highest BCUT2D eigenvalue weighted by molar-refractivity contribution is 6.09. The van der Waals surface area contributed by atoms with Gasteiger partial charge in [0.2, 0.25) is 0 Å². The largest absolute Gasteiger partial charge is 0.497 e. The molecule has 1 aliphatic rings. The van der Waals surface area contributed by atoms with Crippen molar-refractivity contribution in [2.24, 2.45) is 5.73 Å². The number of ether oxygens (including phenoxy) is 1. The number of fused-ring (bicyclic) bond motifs is 1. The Morgan fingerprint density at radius 2 is 1.62 bits per heavy atom. The Morgan fingerprint density at radius 1 is 0.941 bits per heavy atom. The Labute approximate surface area is 194 Å². The second-order valence-corrected chi connectivity index (χ2v) is 7.78. The average molecular weight is 455 g/mol. The van der Waals surface area contributed by atoms with Crippen molar-refractivity contribution >= 4 is 17.5 Å². The van der Waals surface area contributed by atoms with Crippen LogP contribution in [-0.2, 0) is 6.42 Å². The van der Waals surface area contributed by atoms with Crippen LogP contribution >= 0.6 is 0 Å². The van der Waals surface area contributed by atoms with E-state index in [0.717, 1.165) is 0 Å². The molecule has 0 radical (unpaired) electrons. The normalized spacial score (nSPS) is 13.0. The molecule has 9 heteroatoms. The van der Waals surface area contributed by atoms with Crippen LogP contribution < -0.4 is 20.9 Å². The number of nitrogens with two attached hydrogens (primary N) is 1. The number of aromatic nitrogens is 3. The van der Waals surface area contributed by atoms with Crippen LogP contribution in [-0.4, -0.2) is 39.8 Å². The van der Waals surface area contributed by atoms with Crippen LogP contribution in [0.3, 0.4) is 0 Å². The van der Waals surface area contributed by atoms with Crippen LogP contribution in [0.5, 0.6) is 5.75 Å². The summed E-state index contributed by atoms with van der Waals surface area (Å²) >= 11 is 0. The summed E-state index contributed by atoms with van der Waals surface area (Å²) in [5.41, 5.74) is 8.33. The Balaban J connectivity index is 1.53. The molecule has 2 N–H and O–H groups in total. The predicted octanol–water partition coefficient (Wildman–Crippen LogP) is 2.33. The van der Waals surface area contributed by atoms with E-state index in [0.29, 0.717) is 47.0 Å². The number of rotatable bonds is 5. The van der Waals surface area contributed by atoms with Crippen molar-refractivity contribution in [2.75, 3.05) is 18.6 Å². The smallest absolute Gasteiger partial charge is 0.277 e. The van der Waals surface area contributed by atoms with Crippen molar-refractivity contribution in [1.82, 2.24) is 14.3 Å². The fourth-order valence-corrected chi connectivity index (χ4v) is 4.15. The standard InChI is InChI=1S/C25H21N5O4/c1-34-19-11-9-18(10-12-19)30-23-20(22(27-30)24(26)32)13-15-29(25(23)33)17-7-5-16(6-8-17)28-14-3-2-4-21(28)31/h2-12,14H,13,15H2,1H3,(H2,26,32). The van der Waals surface area contributed by atoms with Gasteiger partial charge < -0.3 is 15.4 Å². The molecule has 34 heavy (non-hydrogen) atoms. The fraction of sp³-hybridized carbons (Fsp3) is 0.120. The molecule has 4 aromatic rings. The molecule has 3 heterocycles. The van der Waals surface area contributed by atoms with Crippen molar-refractivity contribution in [3.8, 4) is 17.1 Å². The van der Waals surface area contributed by atoms with Crippen molar-refractivity contribution in [3.63, 3.8) is 0 Å². The first-order valence-electron chi connectivity index (χ1n) is 10.6. The van der Waals surface area contributed by atoms with E-state index in [9.17, 15) is 14.4 Å². The third kappa shape index (κ3) is 3.53. The van der Waals surface area contributed by atoms with Crippen LogP contribution in [0.25, 0.3) is 11.4 Å². The molecule has 0 saturated carbocycles. The van der Waals surface area contributed by atoms with E-state index in [-0.39, 0.29) is 17.2 Å². The minimum atomic E-state index is -0.678. The molecule has 9 nitrogen and oxygen atoms in total. The number of amides is 2. The second-order valence-electron chi connectivity index (χ2n) is 7.78.